The van der Waals surface area contributed by atoms with Crippen molar-refractivity contribution in [1.82, 2.24) is 10.4 Å². The van der Waals surface area contributed by atoms with E-state index in [1.54, 1.807) is 19.1 Å². The van der Waals surface area contributed by atoms with Gasteiger partial charge in [0.15, 0.2) is 0 Å². The van der Waals surface area contributed by atoms with Crippen LogP contribution >= 0.6 is 0 Å². The molecule has 0 bridgehead atoms. The van der Waals surface area contributed by atoms with E-state index < -0.39 is 23.9 Å². The second-order valence-electron chi connectivity index (χ2n) is 4.10. The van der Waals surface area contributed by atoms with Crippen LogP contribution < -0.4 is 5.32 Å². The van der Waals surface area contributed by atoms with Gasteiger partial charge in [0, 0.05) is 0 Å². The van der Waals surface area contributed by atoms with Gasteiger partial charge in [0.2, 0.25) is 0 Å². The molecule has 0 spiro atoms. The first kappa shape index (κ1) is 13.0. The van der Waals surface area contributed by atoms with E-state index in [0.29, 0.717) is 5.06 Å². The van der Waals surface area contributed by atoms with Gasteiger partial charge in [-0.3, -0.25) is 14.4 Å². The molecular weight excluding hydrogens is 252 g/mol. The van der Waals surface area contributed by atoms with Gasteiger partial charge in [0.25, 0.3) is 11.8 Å². The summed E-state index contributed by atoms with van der Waals surface area (Å²) >= 11 is 0. The highest BCUT2D eigenvalue weighted by Crippen LogP contribution is 2.22. The van der Waals surface area contributed by atoms with Gasteiger partial charge in [0.05, 0.1) is 23.8 Å². The smallest absolute Gasteiger partial charge is 0.404 e. The van der Waals surface area contributed by atoms with Gasteiger partial charge in [-0.2, -0.15) is 0 Å². The molecule has 1 aromatic rings. The summed E-state index contributed by atoms with van der Waals surface area (Å²) in [7, 11) is 0. The monoisotopic (exact) mass is 264 g/mol. The molecule has 100 valence electrons. The maximum Gasteiger partial charge on any atom is 0.404 e. The fourth-order valence-corrected chi connectivity index (χ4v) is 1.72. The van der Waals surface area contributed by atoms with Gasteiger partial charge in [-0.05, 0) is 19.1 Å². The Bertz CT molecular complexity index is 508. The standard InChI is InChI=1S/C12H12N2O5/c1-7(13-12(17)18)6-19-14-10(15)8-4-2-3-5-9(8)11(14)16/h2-5,7,13H,6H2,1H3,(H,17,18)/t7-/m0/s1. The Kier molecular flexibility index (Phi) is 3.48. The number of hydroxylamine groups is 2. The Morgan fingerprint density at radius 1 is 1.32 bits per heavy atom. The predicted molar refractivity (Wildman–Crippen MR) is 63.5 cm³/mol. The highest BCUT2D eigenvalue weighted by Gasteiger charge is 2.36. The molecule has 0 radical (unpaired) electrons. The number of amides is 3. The van der Waals surface area contributed by atoms with Gasteiger partial charge in [-0.15, -0.1) is 5.06 Å². The number of imide groups is 1. The van der Waals surface area contributed by atoms with E-state index in [-0.39, 0.29) is 17.7 Å². The Balaban J connectivity index is 2.02. The number of nitrogens with zero attached hydrogens (tertiary/aromatic N) is 1. The molecule has 0 saturated heterocycles. The quantitative estimate of drug-likeness (QED) is 0.787. The Morgan fingerprint density at radius 3 is 2.32 bits per heavy atom. The van der Waals surface area contributed by atoms with E-state index in [0.717, 1.165) is 0 Å². The molecule has 1 heterocycles. The van der Waals surface area contributed by atoms with Crippen molar-refractivity contribution in [1.29, 1.82) is 0 Å². The molecule has 7 heteroatoms. The lowest BCUT2D eigenvalue weighted by Crippen LogP contribution is -2.39. The van der Waals surface area contributed by atoms with Crippen LogP contribution in [0.1, 0.15) is 27.6 Å². The summed E-state index contributed by atoms with van der Waals surface area (Å²) in [6.07, 6.45) is -1.20. The van der Waals surface area contributed by atoms with Crippen LogP contribution in [0, 0.1) is 0 Å². The third kappa shape index (κ3) is 2.55. The number of carbonyl (C=O) groups excluding carboxylic acids is 2. The molecule has 1 atom stereocenters. The van der Waals surface area contributed by atoms with Gasteiger partial charge < -0.3 is 10.4 Å². The van der Waals surface area contributed by atoms with Crippen LogP contribution in [-0.4, -0.2) is 40.7 Å². The van der Waals surface area contributed by atoms with E-state index >= 15 is 0 Å². The summed E-state index contributed by atoms with van der Waals surface area (Å²) < 4.78 is 0. The zero-order valence-electron chi connectivity index (χ0n) is 10.1. The SMILES string of the molecule is C[C@@H](CON1C(=O)c2ccccc2C1=O)NC(=O)O. The third-order valence-electron chi connectivity index (χ3n) is 2.58. The molecular formula is C12H12N2O5. The van der Waals surface area contributed by atoms with Crippen molar-refractivity contribution in [2.24, 2.45) is 0 Å². The maximum atomic E-state index is 11.9. The van der Waals surface area contributed by atoms with Crippen LogP contribution in [0.25, 0.3) is 0 Å². The van der Waals surface area contributed by atoms with Crippen molar-refractivity contribution < 1.29 is 24.3 Å². The highest BCUT2D eigenvalue weighted by atomic mass is 16.7. The molecule has 0 saturated carbocycles. The summed E-state index contributed by atoms with van der Waals surface area (Å²) in [5.41, 5.74) is 0.567. The summed E-state index contributed by atoms with van der Waals surface area (Å²) in [5.74, 6) is -1.08. The van der Waals surface area contributed by atoms with Crippen LogP contribution in [0.2, 0.25) is 0 Å². The van der Waals surface area contributed by atoms with Crippen molar-refractivity contribution in [2.45, 2.75) is 13.0 Å². The summed E-state index contributed by atoms with van der Waals surface area (Å²) in [6, 6.07) is 5.85. The largest absolute Gasteiger partial charge is 0.465 e. The first-order valence-corrected chi connectivity index (χ1v) is 5.61. The van der Waals surface area contributed by atoms with E-state index in [4.69, 9.17) is 9.94 Å². The average Bonchev–Trinajstić information content (AvgIpc) is 2.60. The Morgan fingerprint density at radius 2 is 1.84 bits per heavy atom. The topological polar surface area (TPSA) is 95.9 Å². The van der Waals surface area contributed by atoms with E-state index in [2.05, 4.69) is 5.32 Å². The number of hydrogen-bond acceptors (Lipinski definition) is 4. The fraction of sp³-hybridized carbons (Fsp3) is 0.250. The molecule has 1 aliphatic heterocycles. The lowest BCUT2D eigenvalue weighted by molar-refractivity contribution is -0.0958. The minimum atomic E-state index is -1.20. The molecule has 2 N–H and O–H groups in total. The summed E-state index contributed by atoms with van der Waals surface area (Å²) in [4.78, 5) is 39.3. The van der Waals surface area contributed by atoms with Crippen molar-refractivity contribution >= 4 is 17.9 Å². The molecule has 1 aliphatic rings. The minimum Gasteiger partial charge on any atom is -0.465 e. The molecule has 2 rings (SSSR count). The molecule has 3 amide bonds. The van der Waals surface area contributed by atoms with E-state index in [1.807, 2.05) is 0 Å². The van der Waals surface area contributed by atoms with E-state index in [1.165, 1.54) is 12.1 Å². The van der Waals surface area contributed by atoms with Crippen molar-refractivity contribution in [3.8, 4) is 0 Å². The summed E-state index contributed by atoms with van der Waals surface area (Å²) in [5, 5.41) is 11.3. The molecule has 0 aromatic heterocycles. The van der Waals surface area contributed by atoms with Gasteiger partial charge in [-0.1, -0.05) is 12.1 Å². The third-order valence-corrected chi connectivity index (χ3v) is 2.58. The molecule has 0 fully saturated rings. The van der Waals surface area contributed by atoms with Crippen LogP contribution in [0.15, 0.2) is 24.3 Å². The first-order valence-electron chi connectivity index (χ1n) is 5.61. The van der Waals surface area contributed by atoms with E-state index in [9.17, 15) is 14.4 Å². The van der Waals surface area contributed by atoms with Crippen LogP contribution in [0.5, 0.6) is 0 Å². The number of benzene rings is 1. The van der Waals surface area contributed by atoms with Crippen LogP contribution in [0.4, 0.5) is 4.79 Å². The number of hydrogen-bond donors (Lipinski definition) is 2. The zero-order valence-corrected chi connectivity index (χ0v) is 10.1. The maximum absolute atomic E-state index is 11.9. The molecule has 0 aliphatic carbocycles. The van der Waals surface area contributed by atoms with Gasteiger partial charge in [0.1, 0.15) is 0 Å². The second kappa shape index (κ2) is 5.07. The Hall–Kier alpha value is -2.41. The molecule has 0 unspecified atom stereocenters. The summed E-state index contributed by atoms with van der Waals surface area (Å²) in [6.45, 7) is 1.45. The number of fused-ring (bicyclic) bond motifs is 1. The second-order valence-corrected chi connectivity index (χ2v) is 4.10. The van der Waals surface area contributed by atoms with Crippen LogP contribution in [0.3, 0.4) is 0 Å². The zero-order chi connectivity index (χ0) is 14.0. The average molecular weight is 264 g/mol. The van der Waals surface area contributed by atoms with Gasteiger partial charge in [-0.25, -0.2) is 4.79 Å². The molecule has 7 nitrogen and oxygen atoms in total. The highest BCUT2D eigenvalue weighted by molar-refractivity contribution is 6.20. The fourth-order valence-electron chi connectivity index (χ4n) is 1.72. The first-order chi connectivity index (χ1) is 9.00. The lowest BCUT2D eigenvalue weighted by Gasteiger charge is -2.16. The molecule has 19 heavy (non-hydrogen) atoms. The van der Waals surface area contributed by atoms with Crippen molar-refractivity contribution in [3.05, 3.63) is 35.4 Å². The number of rotatable bonds is 4. The predicted octanol–water partition coefficient (Wildman–Crippen LogP) is 0.870. The Labute approximate surface area is 108 Å². The number of carbonyl (C=O) groups is 3. The van der Waals surface area contributed by atoms with Crippen LogP contribution in [-0.2, 0) is 4.84 Å². The van der Waals surface area contributed by atoms with Crippen molar-refractivity contribution in [2.75, 3.05) is 6.61 Å². The number of carboxylic acid groups (broad SMARTS) is 1. The lowest BCUT2D eigenvalue weighted by atomic mass is 10.1. The normalized spacial score (nSPS) is 15.3. The molecule has 1 aromatic carbocycles. The minimum absolute atomic E-state index is 0.113. The van der Waals surface area contributed by atoms with Gasteiger partial charge >= 0.3 is 6.09 Å². The number of nitrogens with one attached hydrogen (secondary N) is 1. The van der Waals surface area contributed by atoms with Crippen molar-refractivity contribution in [3.63, 3.8) is 0 Å².